The summed E-state index contributed by atoms with van der Waals surface area (Å²) in [5.74, 6) is 1.02. The molecule has 0 spiro atoms. The smallest absolute Gasteiger partial charge is 0.126 e. The molecule has 17 heavy (non-hydrogen) atoms. The topological polar surface area (TPSA) is 21.3 Å². The van der Waals surface area contributed by atoms with Crippen molar-refractivity contribution in [1.29, 1.82) is 0 Å². The van der Waals surface area contributed by atoms with Crippen LogP contribution in [0.4, 0.5) is 0 Å². The van der Waals surface area contributed by atoms with E-state index in [1.807, 2.05) is 6.08 Å². The van der Waals surface area contributed by atoms with Gasteiger partial charge >= 0.3 is 0 Å². The summed E-state index contributed by atoms with van der Waals surface area (Å²) >= 11 is 0. The van der Waals surface area contributed by atoms with Crippen molar-refractivity contribution in [2.75, 3.05) is 6.61 Å². The quantitative estimate of drug-likeness (QED) is 0.575. The molecule has 0 amide bonds. The Kier molecular flexibility index (Phi) is 5.78. The maximum Gasteiger partial charge on any atom is 0.126 e. The molecule has 1 aromatic rings. The van der Waals surface area contributed by atoms with E-state index in [1.165, 1.54) is 11.1 Å². The van der Waals surface area contributed by atoms with Gasteiger partial charge in [-0.05, 0) is 18.9 Å². The molecule has 0 atom stereocenters. The second-order valence-corrected chi connectivity index (χ2v) is 4.52. The second kappa shape index (κ2) is 7.13. The molecule has 1 aromatic carbocycles. The molecule has 1 N–H and O–H groups in total. The first kappa shape index (κ1) is 13.8. The number of para-hydroxylation sites is 1. The molecule has 2 heteroatoms. The zero-order chi connectivity index (χ0) is 12.7. The van der Waals surface area contributed by atoms with E-state index in [-0.39, 0.29) is 0 Å². The monoisotopic (exact) mass is 233 g/mol. The third-order valence-corrected chi connectivity index (χ3v) is 2.56. The van der Waals surface area contributed by atoms with Gasteiger partial charge in [-0.1, -0.05) is 38.1 Å². The van der Waals surface area contributed by atoms with Gasteiger partial charge in [-0.15, -0.1) is 6.58 Å². The molecule has 2 nitrogen and oxygen atoms in total. The van der Waals surface area contributed by atoms with Crippen LogP contribution in [-0.4, -0.2) is 12.6 Å². The van der Waals surface area contributed by atoms with E-state index < -0.39 is 0 Å². The summed E-state index contributed by atoms with van der Waals surface area (Å²) in [5.41, 5.74) is 2.42. The minimum absolute atomic E-state index is 0.483. The number of ether oxygens (including phenoxy) is 1. The lowest BCUT2D eigenvalue weighted by Crippen LogP contribution is -2.22. The van der Waals surface area contributed by atoms with E-state index in [1.54, 1.807) is 0 Å². The Morgan fingerprint density at radius 2 is 2.18 bits per heavy atom. The molecule has 0 saturated carbocycles. The van der Waals surface area contributed by atoms with Crippen LogP contribution in [0.1, 0.15) is 31.4 Å². The minimum Gasteiger partial charge on any atom is -0.493 e. The molecule has 0 aliphatic heterocycles. The number of benzene rings is 1. The van der Waals surface area contributed by atoms with Gasteiger partial charge in [-0.2, -0.15) is 0 Å². The van der Waals surface area contributed by atoms with E-state index in [0.29, 0.717) is 12.6 Å². The fourth-order valence-corrected chi connectivity index (χ4v) is 1.62. The molecular formula is C15H23NO. The van der Waals surface area contributed by atoms with E-state index in [4.69, 9.17) is 4.74 Å². The van der Waals surface area contributed by atoms with Crippen LogP contribution >= 0.6 is 0 Å². The van der Waals surface area contributed by atoms with E-state index >= 15 is 0 Å². The highest BCUT2D eigenvalue weighted by Crippen LogP contribution is 2.23. The van der Waals surface area contributed by atoms with Crippen molar-refractivity contribution in [3.05, 3.63) is 42.0 Å². The van der Waals surface area contributed by atoms with Crippen LogP contribution in [0.5, 0.6) is 5.75 Å². The summed E-state index contributed by atoms with van der Waals surface area (Å²) in [7, 11) is 0. The van der Waals surface area contributed by atoms with Crippen LogP contribution in [0.25, 0.3) is 0 Å². The zero-order valence-corrected chi connectivity index (χ0v) is 11.1. The third-order valence-electron chi connectivity index (χ3n) is 2.56. The van der Waals surface area contributed by atoms with Crippen molar-refractivity contribution < 1.29 is 4.74 Å². The number of hydrogen-bond acceptors (Lipinski definition) is 2. The standard InChI is InChI=1S/C15H23NO/c1-5-6-10-17-15-13(4)8-7-9-14(15)11-16-12(2)3/h5,7-9,12,16H,1,6,10-11H2,2-4H3. The SMILES string of the molecule is C=CCCOc1c(C)cccc1CNC(C)C. The van der Waals surface area contributed by atoms with Crippen LogP contribution in [0, 0.1) is 6.92 Å². The molecule has 0 aromatic heterocycles. The average Bonchev–Trinajstić information content (AvgIpc) is 2.29. The van der Waals surface area contributed by atoms with Crippen LogP contribution < -0.4 is 10.1 Å². The summed E-state index contributed by atoms with van der Waals surface area (Å²) in [6.45, 7) is 11.6. The van der Waals surface area contributed by atoms with Gasteiger partial charge in [0, 0.05) is 18.2 Å². The van der Waals surface area contributed by atoms with Crippen molar-refractivity contribution >= 4 is 0 Å². The molecule has 94 valence electrons. The molecule has 0 saturated heterocycles. The first-order valence-electron chi connectivity index (χ1n) is 6.20. The molecule has 0 unspecified atom stereocenters. The van der Waals surface area contributed by atoms with Crippen molar-refractivity contribution in [2.45, 2.75) is 39.8 Å². The maximum atomic E-state index is 5.83. The Hall–Kier alpha value is -1.28. The lowest BCUT2D eigenvalue weighted by atomic mass is 10.1. The van der Waals surface area contributed by atoms with Gasteiger partial charge in [0.15, 0.2) is 0 Å². The highest BCUT2D eigenvalue weighted by Gasteiger charge is 2.06. The summed E-state index contributed by atoms with van der Waals surface area (Å²) < 4.78 is 5.83. The Balaban J connectivity index is 2.72. The second-order valence-electron chi connectivity index (χ2n) is 4.52. The maximum absolute atomic E-state index is 5.83. The average molecular weight is 233 g/mol. The lowest BCUT2D eigenvalue weighted by Gasteiger charge is -2.15. The van der Waals surface area contributed by atoms with Crippen LogP contribution in [0.2, 0.25) is 0 Å². The van der Waals surface area contributed by atoms with Crippen LogP contribution in [-0.2, 0) is 6.54 Å². The predicted molar refractivity (Wildman–Crippen MR) is 73.5 cm³/mol. The first-order valence-corrected chi connectivity index (χ1v) is 6.20. The Bertz CT molecular complexity index is 358. The van der Waals surface area contributed by atoms with Gasteiger partial charge in [-0.3, -0.25) is 0 Å². The van der Waals surface area contributed by atoms with Crippen molar-refractivity contribution in [1.82, 2.24) is 5.32 Å². The molecule has 1 rings (SSSR count). The first-order chi connectivity index (χ1) is 8.15. The largest absolute Gasteiger partial charge is 0.493 e. The number of hydrogen-bond donors (Lipinski definition) is 1. The fourth-order valence-electron chi connectivity index (χ4n) is 1.62. The molecule has 0 bridgehead atoms. The molecule has 0 fully saturated rings. The van der Waals surface area contributed by atoms with Gasteiger partial charge in [0.05, 0.1) is 6.61 Å². The fraction of sp³-hybridized carbons (Fsp3) is 0.467. The lowest BCUT2D eigenvalue weighted by molar-refractivity contribution is 0.318. The molecular weight excluding hydrogens is 210 g/mol. The highest BCUT2D eigenvalue weighted by atomic mass is 16.5. The summed E-state index contributed by atoms with van der Waals surface area (Å²) in [6, 6.07) is 6.76. The minimum atomic E-state index is 0.483. The van der Waals surface area contributed by atoms with Gasteiger partial charge in [0.2, 0.25) is 0 Å². The van der Waals surface area contributed by atoms with E-state index in [2.05, 4.69) is 50.9 Å². The zero-order valence-electron chi connectivity index (χ0n) is 11.1. The van der Waals surface area contributed by atoms with Crippen LogP contribution in [0.15, 0.2) is 30.9 Å². The Labute approximate surface area is 105 Å². The molecule has 0 aliphatic rings. The number of nitrogens with one attached hydrogen (secondary N) is 1. The predicted octanol–water partition coefficient (Wildman–Crippen LogP) is 3.45. The summed E-state index contributed by atoms with van der Waals surface area (Å²) in [4.78, 5) is 0. The molecule has 0 heterocycles. The number of rotatable bonds is 7. The van der Waals surface area contributed by atoms with E-state index in [0.717, 1.165) is 18.7 Å². The van der Waals surface area contributed by atoms with Gasteiger partial charge < -0.3 is 10.1 Å². The van der Waals surface area contributed by atoms with Crippen molar-refractivity contribution in [3.63, 3.8) is 0 Å². The third kappa shape index (κ3) is 4.61. The normalized spacial score (nSPS) is 10.6. The van der Waals surface area contributed by atoms with Crippen molar-refractivity contribution in [2.24, 2.45) is 0 Å². The highest BCUT2D eigenvalue weighted by molar-refractivity contribution is 5.40. The van der Waals surface area contributed by atoms with Crippen molar-refractivity contribution in [3.8, 4) is 5.75 Å². The van der Waals surface area contributed by atoms with Gasteiger partial charge in [-0.25, -0.2) is 0 Å². The molecule has 0 aliphatic carbocycles. The summed E-state index contributed by atoms with van der Waals surface area (Å²) in [6.07, 6.45) is 2.76. The Morgan fingerprint density at radius 1 is 1.41 bits per heavy atom. The van der Waals surface area contributed by atoms with E-state index in [9.17, 15) is 0 Å². The Morgan fingerprint density at radius 3 is 2.82 bits per heavy atom. The number of aryl methyl sites for hydroxylation is 1. The van der Waals surface area contributed by atoms with Crippen LogP contribution in [0.3, 0.4) is 0 Å². The van der Waals surface area contributed by atoms with Gasteiger partial charge in [0.1, 0.15) is 5.75 Å². The molecule has 0 radical (unpaired) electrons. The summed E-state index contributed by atoms with van der Waals surface area (Å²) in [5, 5.41) is 3.42. The van der Waals surface area contributed by atoms with Gasteiger partial charge in [0.25, 0.3) is 0 Å².